The predicted octanol–water partition coefficient (Wildman–Crippen LogP) is 3.63. The van der Waals surface area contributed by atoms with Crippen molar-refractivity contribution in [3.05, 3.63) is 81.9 Å². The Kier molecular flexibility index (Phi) is 5.77. The van der Waals surface area contributed by atoms with Crippen LogP contribution in [-0.4, -0.2) is 28.5 Å². The lowest BCUT2D eigenvalue weighted by molar-refractivity contribution is -0.125. The van der Waals surface area contributed by atoms with Gasteiger partial charge in [0.1, 0.15) is 10.5 Å². The van der Waals surface area contributed by atoms with E-state index in [4.69, 9.17) is 9.40 Å². The molecule has 4 heterocycles. The number of amides is 1. The number of anilines is 1. The van der Waals surface area contributed by atoms with Gasteiger partial charge >= 0.3 is 0 Å². The second-order valence-corrected chi connectivity index (χ2v) is 8.90. The summed E-state index contributed by atoms with van der Waals surface area (Å²) >= 11 is 1.43. The third-order valence-corrected chi connectivity index (χ3v) is 6.79. The van der Waals surface area contributed by atoms with Gasteiger partial charge in [0.15, 0.2) is 0 Å². The van der Waals surface area contributed by atoms with Gasteiger partial charge in [0.2, 0.25) is 11.9 Å². The van der Waals surface area contributed by atoms with E-state index in [1.54, 1.807) is 10.8 Å². The molecule has 0 aliphatic carbocycles. The number of hydrogen-bond acceptors (Lipinski definition) is 6. The van der Waals surface area contributed by atoms with E-state index in [9.17, 15) is 9.59 Å². The summed E-state index contributed by atoms with van der Waals surface area (Å²) in [5.74, 6) is 1.41. The van der Waals surface area contributed by atoms with Crippen molar-refractivity contribution in [3.63, 3.8) is 0 Å². The summed E-state index contributed by atoms with van der Waals surface area (Å²) in [6.45, 7) is 2.23. The Labute approximate surface area is 189 Å². The van der Waals surface area contributed by atoms with Crippen LogP contribution in [0.15, 0.2) is 69.4 Å². The minimum atomic E-state index is -0.0552. The molecule has 0 spiro atoms. The first-order chi connectivity index (χ1) is 15.7. The molecule has 5 rings (SSSR count). The topological polar surface area (TPSA) is 80.4 Å². The van der Waals surface area contributed by atoms with E-state index in [2.05, 4.69) is 10.2 Å². The van der Waals surface area contributed by atoms with Gasteiger partial charge in [-0.05, 0) is 42.0 Å². The van der Waals surface area contributed by atoms with E-state index in [0.29, 0.717) is 49.7 Å². The molecule has 1 aromatic carbocycles. The molecular formula is C24H24N4O3S. The van der Waals surface area contributed by atoms with Crippen LogP contribution in [0.25, 0.3) is 10.2 Å². The quantitative estimate of drug-likeness (QED) is 0.487. The Hall–Kier alpha value is -3.39. The van der Waals surface area contributed by atoms with Crippen LogP contribution in [0, 0.1) is 5.92 Å². The second-order valence-electron chi connectivity index (χ2n) is 7.98. The maximum Gasteiger partial charge on any atom is 0.273 e. The fourth-order valence-electron chi connectivity index (χ4n) is 4.16. The fourth-order valence-corrected chi connectivity index (χ4v) is 4.93. The van der Waals surface area contributed by atoms with Crippen molar-refractivity contribution < 1.29 is 9.21 Å². The molecule has 4 aromatic rings. The summed E-state index contributed by atoms with van der Waals surface area (Å²) in [7, 11) is 0. The molecule has 1 aliphatic rings. The minimum Gasteiger partial charge on any atom is -0.467 e. The Morgan fingerprint density at radius 3 is 2.69 bits per heavy atom. The molecular weight excluding hydrogens is 424 g/mol. The maximum atomic E-state index is 13.3. The van der Waals surface area contributed by atoms with E-state index in [1.165, 1.54) is 11.3 Å². The number of piperidine rings is 1. The first-order valence-corrected chi connectivity index (χ1v) is 11.6. The highest BCUT2D eigenvalue weighted by atomic mass is 32.1. The van der Waals surface area contributed by atoms with Crippen molar-refractivity contribution in [2.75, 3.05) is 18.0 Å². The molecule has 0 unspecified atom stereocenters. The third kappa shape index (κ3) is 4.18. The lowest BCUT2D eigenvalue weighted by Crippen LogP contribution is -2.42. The molecule has 7 nitrogen and oxygen atoms in total. The van der Waals surface area contributed by atoms with Crippen molar-refractivity contribution in [2.24, 2.45) is 5.92 Å². The number of rotatable bonds is 6. The van der Waals surface area contributed by atoms with Gasteiger partial charge in [0.05, 0.1) is 24.9 Å². The van der Waals surface area contributed by atoms with Gasteiger partial charge < -0.3 is 14.6 Å². The number of carbonyl (C=O) groups excluding carboxylic acids is 1. The fraction of sp³-hybridized carbons (Fsp3) is 0.292. The Morgan fingerprint density at radius 1 is 1.12 bits per heavy atom. The Balaban J connectivity index is 1.34. The zero-order valence-electron chi connectivity index (χ0n) is 17.6. The summed E-state index contributed by atoms with van der Waals surface area (Å²) in [4.78, 5) is 32.8. The molecule has 3 aromatic heterocycles. The van der Waals surface area contributed by atoms with Gasteiger partial charge in [-0.3, -0.25) is 14.2 Å². The van der Waals surface area contributed by atoms with Gasteiger partial charge in [-0.25, -0.2) is 4.98 Å². The normalized spacial score (nSPS) is 14.7. The van der Waals surface area contributed by atoms with Crippen molar-refractivity contribution in [1.82, 2.24) is 14.9 Å². The molecule has 8 heteroatoms. The average molecular weight is 449 g/mol. The number of benzene rings is 1. The van der Waals surface area contributed by atoms with E-state index in [1.807, 2.05) is 53.9 Å². The van der Waals surface area contributed by atoms with Crippen LogP contribution in [0.5, 0.6) is 0 Å². The highest BCUT2D eigenvalue weighted by molar-refractivity contribution is 7.17. The second kappa shape index (κ2) is 9.00. The monoisotopic (exact) mass is 448 g/mol. The van der Waals surface area contributed by atoms with Gasteiger partial charge in [-0.15, -0.1) is 11.3 Å². The predicted molar refractivity (Wildman–Crippen MR) is 125 cm³/mol. The molecule has 1 N–H and O–H groups in total. The minimum absolute atomic E-state index is 0.0119. The molecule has 0 saturated carbocycles. The number of carbonyl (C=O) groups is 1. The highest BCUT2D eigenvalue weighted by Gasteiger charge is 2.27. The SMILES string of the molecule is O=C(NCc1ccco1)C1CCN(c2nc3ccsc3c(=O)n2Cc2ccccc2)CC1. The van der Waals surface area contributed by atoms with E-state index in [-0.39, 0.29) is 17.4 Å². The molecule has 1 saturated heterocycles. The third-order valence-electron chi connectivity index (χ3n) is 5.89. The summed E-state index contributed by atoms with van der Waals surface area (Å²) in [5.41, 5.74) is 1.78. The van der Waals surface area contributed by atoms with Crippen molar-refractivity contribution in [1.29, 1.82) is 0 Å². The van der Waals surface area contributed by atoms with E-state index >= 15 is 0 Å². The van der Waals surface area contributed by atoms with Crippen molar-refractivity contribution in [2.45, 2.75) is 25.9 Å². The number of aromatic nitrogens is 2. The Bertz CT molecular complexity index is 1260. The van der Waals surface area contributed by atoms with Crippen LogP contribution in [0.3, 0.4) is 0 Å². The van der Waals surface area contributed by atoms with Crippen LogP contribution in [0.1, 0.15) is 24.2 Å². The van der Waals surface area contributed by atoms with Gasteiger partial charge in [-0.1, -0.05) is 30.3 Å². The first-order valence-electron chi connectivity index (χ1n) is 10.8. The maximum absolute atomic E-state index is 13.3. The van der Waals surface area contributed by atoms with Crippen molar-refractivity contribution in [3.8, 4) is 0 Å². The van der Waals surface area contributed by atoms with Crippen LogP contribution in [0.2, 0.25) is 0 Å². The summed E-state index contributed by atoms with van der Waals surface area (Å²) in [6.07, 6.45) is 3.03. The van der Waals surface area contributed by atoms with Crippen LogP contribution >= 0.6 is 11.3 Å². The number of fused-ring (bicyclic) bond motifs is 1. The smallest absolute Gasteiger partial charge is 0.273 e. The van der Waals surface area contributed by atoms with Crippen LogP contribution in [0.4, 0.5) is 5.95 Å². The highest BCUT2D eigenvalue weighted by Crippen LogP contribution is 2.25. The summed E-state index contributed by atoms with van der Waals surface area (Å²) in [6, 6.07) is 15.5. The number of furan rings is 1. The Morgan fingerprint density at radius 2 is 1.94 bits per heavy atom. The molecule has 0 radical (unpaired) electrons. The van der Waals surface area contributed by atoms with Gasteiger partial charge in [0.25, 0.3) is 5.56 Å². The number of nitrogens with zero attached hydrogens (tertiary/aromatic N) is 3. The molecule has 1 fully saturated rings. The largest absolute Gasteiger partial charge is 0.467 e. The zero-order chi connectivity index (χ0) is 21.9. The average Bonchev–Trinajstić information content (AvgIpc) is 3.52. The standard InChI is InChI=1S/C24H24N4O3S/c29-22(25-15-19-7-4-13-31-19)18-8-11-27(12-9-18)24-26-20-10-14-32-21(20)23(30)28(24)16-17-5-2-1-3-6-17/h1-7,10,13-14,18H,8-9,11-12,15-16H2,(H,25,29). The number of thiophene rings is 1. The molecule has 164 valence electrons. The van der Waals surface area contributed by atoms with E-state index < -0.39 is 0 Å². The lowest BCUT2D eigenvalue weighted by Gasteiger charge is -2.33. The molecule has 0 atom stereocenters. The van der Waals surface area contributed by atoms with Gasteiger partial charge in [0, 0.05) is 19.0 Å². The summed E-state index contributed by atoms with van der Waals surface area (Å²) < 4.78 is 7.73. The van der Waals surface area contributed by atoms with Crippen LogP contribution < -0.4 is 15.8 Å². The number of nitrogens with one attached hydrogen (secondary N) is 1. The lowest BCUT2D eigenvalue weighted by atomic mass is 9.96. The van der Waals surface area contributed by atoms with E-state index in [0.717, 1.165) is 16.8 Å². The molecule has 32 heavy (non-hydrogen) atoms. The number of hydrogen-bond donors (Lipinski definition) is 1. The summed E-state index contributed by atoms with van der Waals surface area (Å²) in [5, 5.41) is 4.87. The molecule has 0 bridgehead atoms. The molecule has 1 amide bonds. The van der Waals surface area contributed by atoms with Gasteiger partial charge in [-0.2, -0.15) is 0 Å². The first kappa shape index (κ1) is 20.5. The van der Waals surface area contributed by atoms with Crippen LogP contribution in [-0.2, 0) is 17.9 Å². The zero-order valence-corrected chi connectivity index (χ0v) is 18.4. The molecule has 1 aliphatic heterocycles. The van der Waals surface area contributed by atoms with Crippen molar-refractivity contribution >= 4 is 33.4 Å².